The summed E-state index contributed by atoms with van der Waals surface area (Å²) in [6.07, 6.45) is 5.88. The van der Waals surface area contributed by atoms with Crippen LogP contribution in [0.1, 0.15) is 37.7 Å². The van der Waals surface area contributed by atoms with E-state index >= 15 is 0 Å². The van der Waals surface area contributed by atoms with Crippen molar-refractivity contribution in [1.82, 2.24) is 4.90 Å². The highest BCUT2D eigenvalue weighted by Gasteiger charge is 2.27. The summed E-state index contributed by atoms with van der Waals surface area (Å²) >= 11 is 3.52. The van der Waals surface area contributed by atoms with Gasteiger partial charge in [-0.25, -0.2) is 0 Å². The van der Waals surface area contributed by atoms with Crippen molar-refractivity contribution in [2.75, 3.05) is 6.54 Å². The lowest BCUT2D eigenvalue weighted by molar-refractivity contribution is -0.128. The zero-order valence-electron chi connectivity index (χ0n) is 11.6. The Hall–Kier alpha value is -1.03. The molecule has 108 valence electrons. The van der Waals surface area contributed by atoms with Crippen molar-refractivity contribution in [2.45, 2.75) is 49.6 Å². The Morgan fingerprint density at radius 3 is 2.80 bits per heavy atom. The molecule has 1 aliphatic carbocycles. The monoisotopic (exact) mass is 337 g/mol. The molecule has 0 spiro atoms. The summed E-state index contributed by atoms with van der Waals surface area (Å²) in [4.78, 5) is 14.0. The van der Waals surface area contributed by atoms with E-state index in [9.17, 15) is 4.79 Å². The number of halogens is 1. The number of benzene rings is 1. The van der Waals surface area contributed by atoms with Gasteiger partial charge in [-0.2, -0.15) is 0 Å². The molecule has 1 aromatic rings. The van der Waals surface area contributed by atoms with Crippen molar-refractivity contribution in [2.24, 2.45) is 0 Å². The molecule has 1 unspecified atom stereocenters. The van der Waals surface area contributed by atoms with Crippen LogP contribution in [0, 0.1) is 0 Å². The molecule has 0 aromatic heterocycles. The Bertz CT molecular complexity index is 485. The van der Waals surface area contributed by atoms with Crippen molar-refractivity contribution < 1.29 is 9.53 Å². The first-order valence-corrected chi connectivity index (χ1v) is 8.30. The van der Waals surface area contributed by atoms with Gasteiger partial charge in [0.05, 0.1) is 6.10 Å². The molecule has 2 fully saturated rings. The number of alkyl halides is 1. The van der Waals surface area contributed by atoms with E-state index in [1.165, 1.54) is 25.7 Å². The highest BCUT2D eigenvalue weighted by molar-refractivity contribution is 9.09. The minimum Gasteiger partial charge on any atom is -0.490 e. The Morgan fingerprint density at radius 2 is 2.10 bits per heavy atom. The van der Waals surface area contributed by atoms with Crippen LogP contribution < -0.4 is 4.74 Å². The Morgan fingerprint density at radius 1 is 1.30 bits per heavy atom. The van der Waals surface area contributed by atoms with Crippen LogP contribution >= 0.6 is 15.9 Å². The van der Waals surface area contributed by atoms with Crippen LogP contribution in [0.5, 0.6) is 5.75 Å². The van der Waals surface area contributed by atoms with Gasteiger partial charge in [0.25, 0.3) is 0 Å². The maximum atomic E-state index is 11.8. The quantitative estimate of drug-likeness (QED) is 0.787. The van der Waals surface area contributed by atoms with Crippen molar-refractivity contribution >= 4 is 21.8 Å². The van der Waals surface area contributed by atoms with Gasteiger partial charge in [-0.05, 0) is 43.4 Å². The predicted octanol–water partition coefficient (Wildman–Crippen LogP) is 3.50. The van der Waals surface area contributed by atoms with Crippen LogP contribution in [0.25, 0.3) is 0 Å². The fourth-order valence-electron chi connectivity index (χ4n) is 3.01. The average molecular weight is 338 g/mol. The van der Waals surface area contributed by atoms with Crippen LogP contribution in [0.2, 0.25) is 0 Å². The lowest BCUT2D eigenvalue weighted by Gasteiger charge is -2.17. The number of amides is 1. The molecule has 2 aliphatic rings. The third-order valence-electron chi connectivity index (χ3n) is 4.04. The van der Waals surface area contributed by atoms with Crippen LogP contribution in [0.15, 0.2) is 24.3 Å². The SMILES string of the molecule is O=C1CC(Br)CN1Cc1cccc(OC2CCCC2)c1. The number of likely N-dealkylation sites (tertiary alicyclic amines) is 1. The van der Waals surface area contributed by atoms with Gasteiger partial charge in [0.15, 0.2) is 0 Å². The molecule has 20 heavy (non-hydrogen) atoms. The molecule has 0 N–H and O–H groups in total. The predicted molar refractivity (Wildman–Crippen MR) is 82.1 cm³/mol. The second-order valence-electron chi connectivity index (χ2n) is 5.75. The molecule has 4 heteroatoms. The number of hydrogen-bond donors (Lipinski definition) is 0. The molecule has 1 heterocycles. The maximum absolute atomic E-state index is 11.8. The van der Waals surface area contributed by atoms with Gasteiger partial charge in [-0.3, -0.25) is 4.79 Å². The molecular weight excluding hydrogens is 318 g/mol. The van der Waals surface area contributed by atoms with Crippen LogP contribution in [0.3, 0.4) is 0 Å². The van der Waals surface area contributed by atoms with E-state index in [2.05, 4.69) is 28.1 Å². The molecule has 0 bridgehead atoms. The minimum atomic E-state index is 0.231. The molecule has 1 saturated carbocycles. The van der Waals surface area contributed by atoms with Crippen LogP contribution in [-0.4, -0.2) is 28.3 Å². The van der Waals surface area contributed by atoms with E-state index in [0.717, 1.165) is 17.9 Å². The van der Waals surface area contributed by atoms with Gasteiger partial charge in [0.2, 0.25) is 5.91 Å². The highest BCUT2D eigenvalue weighted by Crippen LogP contribution is 2.26. The highest BCUT2D eigenvalue weighted by atomic mass is 79.9. The molecule has 3 nitrogen and oxygen atoms in total. The van der Waals surface area contributed by atoms with Gasteiger partial charge >= 0.3 is 0 Å². The first-order valence-electron chi connectivity index (χ1n) is 7.38. The van der Waals surface area contributed by atoms with Crippen molar-refractivity contribution in [1.29, 1.82) is 0 Å². The fourth-order valence-corrected chi connectivity index (χ4v) is 3.64. The van der Waals surface area contributed by atoms with Crippen molar-refractivity contribution in [3.05, 3.63) is 29.8 Å². The molecule has 3 rings (SSSR count). The summed E-state index contributed by atoms with van der Waals surface area (Å²) in [5.74, 6) is 1.17. The van der Waals surface area contributed by atoms with Gasteiger partial charge in [0, 0.05) is 24.3 Å². The summed E-state index contributed by atoms with van der Waals surface area (Å²) in [5, 5.41) is 0. The molecule has 1 saturated heterocycles. The zero-order valence-corrected chi connectivity index (χ0v) is 13.1. The van der Waals surface area contributed by atoms with Crippen molar-refractivity contribution in [3.63, 3.8) is 0 Å². The Balaban J connectivity index is 1.63. The van der Waals surface area contributed by atoms with E-state index in [1.807, 2.05) is 17.0 Å². The summed E-state index contributed by atoms with van der Waals surface area (Å²) < 4.78 is 6.02. The smallest absolute Gasteiger partial charge is 0.224 e. The van der Waals surface area contributed by atoms with Gasteiger partial charge < -0.3 is 9.64 Å². The first kappa shape index (κ1) is 13.9. The first-order chi connectivity index (χ1) is 9.70. The second kappa shape index (κ2) is 6.17. The number of carbonyl (C=O) groups is 1. The van der Waals surface area contributed by atoms with E-state index in [-0.39, 0.29) is 5.91 Å². The lowest BCUT2D eigenvalue weighted by atomic mass is 10.2. The summed E-state index contributed by atoms with van der Waals surface area (Å²) in [6.45, 7) is 1.48. The molecule has 1 amide bonds. The zero-order chi connectivity index (χ0) is 13.9. The largest absolute Gasteiger partial charge is 0.490 e. The topological polar surface area (TPSA) is 29.5 Å². The molecule has 1 aliphatic heterocycles. The van der Waals surface area contributed by atoms with E-state index < -0.39 is 0 Å². The maximum Gasteiger partial charge on any atom is 0.224 e. The van der Waals surface area contributed by atoms with Gasteiger partial charge in [0.1, 0.15) is 5.75 Å². The van der Waals surface area contributed by atoms with E-state index in [0.29, 0.717) is 23.9 Å². The lowest BCUT2D eigenvalue weighted by Crippen LogP contribution is -2.24. The van der Waals surface area contributed by atoms with Crippen LogP contribution in [0.4, 0.5) is 0 Å². The van der Waals surface area contributed by atoms with Gasteiger partial charge in [-0.1, -0.05) is 28.1 Å². The number of rotatable bonds is 4. The molecule has 1 atom stereocenters. The van der Waals surface area contributed by atoms with Crippen molar-refractivity contribution in [3.8, 4) is 5.75 Å². The fraction of sp³-hybridized carbons (Fsp3) is 0.562. The van der Waals surface area contributed by atoms with Crippen LogP contribution in [-0.2, 0) is 11.3 Å². The number of ether oxygens (including phenoxy) is 1. The third-order valence-corrected chi connectivity index (χ3v) is 4.66. The summed E-state index contributed by atoms with van der Waals surface area (Å²) in [6, 6.07) is 8.18. The minimum absolute atomic E-state index is 0.231. The third kappa shape index (κ3) is 3.35. The average Bonchev–Trinajstić information content (AvgIpc) is 3.01. The Kier molecular flexibility index (Phi) is 4.29. The number of hydrogen-bond acceptors (Lipinski definition) is 2. The molecule has 1 aromatic carbocycles. The Labute approximate surface area is 128 Å². The number of carbonyl (C=O) groups excluding carboxylic acids is 1. The van der Waals surface area contributed by atoms with E-state index in [4.69, 9.17) is 4.74 Å². The standard InChI is InChI=1S/C16H20BrNO2/c17-13-9-16(19)18(11-13)10-12-4-3-7-15(8-12)20-14-5-1-2-6-14/h3-4,7-8,13-14H,1-2,5-6,9-11H2. The molecular formula is C16H20BrNO2. The summed E-state index contributed by atoms with van der Waals surface area (Å²) in [7, 11) is 0. The van der Waals surface area contributed by atoms with Gasteiger partial charge in [-0.15, -0.1) is 0 Å². The normalized spacial score (nSPS) is 23.6. The molecule has 0 radical (unpaired) electrons. The van der Waals surface area contributed by atoms with E-state index in [1.54, 1.807) is 0 Å². The summed E-state index contributed by atoms with van der Waals surface area (Å²) in [5.41, 5.74) is 1.15. The number of nitrogens with zero attached hydrogens (tertiary/aromatic N) is 1. The second-order valence-corrected chi connectivity index (χ2v) is 7.04.